The smallest absolute Gasteiger partial charge is 0.191 e. The molecular formula is C20H33ClIN5O. The molecule has 2 heterocycles. The van der Waals surface area contributed by atoms with Crippen molar-refractivity contribution < 1.29 is 4.74 Å². The lowest BCUT2D eigenvalue weighted by molar-refractivity contribution is 0.317. The van der Waals surface area contributed by atoms with Gasteiger partial charge in [0.15, 0.2) is 5.96 Å². The number of nitrogens with one attached hydrogen (secondary N) is 2. The molecule has 0 saturated carbocycles. The molecule has 0 aliphatic carbocycles. The molecule has 158 valence electrons. The van der Waals surface area contributed by atoms with Gasteiger partial charge in [0, 0.05) is 36.7 Å². The van der Waals surface area contributed by atoms with Gasteiger partial charge in [-0.05, 0) is 58.0 Å². The summed E-state index contributed by atoms with van der Waals surface area (Å²) < 4.78 is 5.51. The highest BCUT2D eigenvalue weighted by Crippen LogP contribution is 2.33. The second kappa shape index (κ2) is 11.3. The molecule has 2 fully saturated rings. The van der Waals surface area contributed by atoms with Gasteiger partial charge in [0.05, 0.1) is 19.3 Å². The Morgan fingerprint density at radius 3 is 2.82 bits per heavy atom. The first-order chi connectivity index (χ1) is 13.1. The van der Waals surface area contributed by atoms with E-state index in [0.717, 1.165) is 55.0 Å². The van der Waals surface area contributed by atoms with Gasteiger partial charge in [-0.2, -0.15) is 0 Å². The Labute approximate surface area is 191 Å². The van der Waals surface area contributed by atoms with Crippen LogP contribution in [-0.2, 0) is 0 Å². The van der Waals surface area contributed by atoms with E-state index in [4.69, 9.17) is 21.3 Å². The van der Waals surface area contributed by atoms with E-state index < -0.39 is 0 Å². The highest BCUT2D eigenvalue weighted by atomic mass is 127. The molecule has 6 nitrogen and oxygen atoms in total. The van der Waals surface area contributed by atoms with Crippen LogP contribution in [0.3, 0.4) is 0 Å². The van der Waals surface area contributed by atoms with Gasteiger partial charge >= 0.3 is 0 Å². The second-order valence-electron chi connectivity index (χ2n) is 7.39. The molecule has 2 aliphatic rings. The Morgan fingerprint density at radius 1 is 1.32 bits per heavy atom. The molecule has 28 heavy (non-hydrogen) atoms. The highest BCUT2D eigenvalue weighted by Gasteiger charge is 2.26. The zero-order valence-electron chi connectivity index (χ0n) is 17.1. The van der Waals surface area contributed by atoms with Gasteiger partial charge in [-0.3, -0.25) is 4.99 Å². The summed E-state index contributed by atoms with van der Waals surface area (Å²) in [7, 11) is 3.90. The van der Waals surface area contributed by atoms with Crippen LogP contribution >= 0.6 is 35.6 Å². The van der Waals surface area contributed by atoms with Crippen molar-refractivity contribution in [1.29, 1.82) is 0 Å². The number of hydrogen-bond acceptors (Lipinski definition) is 4. The molecule has 2 aliphatic heterocycles. The molecule has 2 atom stereocenters. The number of methoxy groups -OCH3 is 1. The van der Waals surface area contributed by atoms with Gasteiger partial charge in [-0.15, -0.1) is 24.0 Å². The van der Waals surface area contributed by atoms with E-state index in [-0.39, 0.29) is 24.0 Å². The first-order valence-electron chi connectivity index (χ1n) is 9.94. The fraction of sp³-hybridized carbons (Fsp3) is 0.650. The van der Waals surface area contributed by atoms with Crippen LogP contribution in [0.4, 0.5) is 5.69 Å². The van der Waals surface area contributed by atoms with Gasteiger partial charge in [0.1, 0.15) is 5.75 Å². The Balaban J connectivity index is 0.00000280. The topological polar surface area (TPSA) is 52.1 Å². The van der Waals surface area contributed by atoms with E-state index in [0.29, 0.717) is 12.1 Å². The minimum Gasteiger partial charge on any atom is -0.495 e. The number of benzene rings is 1. The lowest BCUT2D eigenvalue weighted by atomic mass is 10.2. The summed E-state index contributed by atoms with van der Waals surface area (Å²) in [6.45, 7) is 6.89. The van der Waals surface area contributed by atoms with Crippen LogP contribution in [0.2, 0.25) is 5.02 Å². The van der Waals surface area contributed by atoms with Crippen LogP contribution in [0, 0.1) is 0 Å². The minimum atomic E-state index is 0. The first-order valence-corrected chi connectivity index (χ1v) is 10.3. The third-order valence-corrected chi connectivity index (χ3v) is 5.72. The van der Waals surface area contributed by atoms with E-state index in [2.05, 4.69) is 34.4 Å². The molecule has 2 unspecified atom stereocenters. The molecule has 1 aromatic carbocycles. The van der Waals surface area contributed by atoms with Crippen molar-refractivity contribution in [2.24, 2.45) is 4.99 Å². The number of likely N-dealkylation sites (N-methyl/N-ethyl adjacent to an activating group) is 1. The third kappa shape index (κ3) is 6.03. The second-order valence-corrected chi connectivity index (χ2v) is 7.82. The normalized spacial score (nSPS) is 22.9. The van der Waals surface area contributed by atoms with Crippen LogP contribution in [0.5, 0.6) is 5.75 Å². The summed E-state index contributed by atoms with van der Waals surface area (Å²) in [5.74, 6) is 1.78. The van der Waals surface area contributed by atoms with Crippen molar-refractivity contribution in [3.8, 4) is 5.75 Å². The molecular weight excluding hydrogens is 489 g/mol. The number of rotatable bonds is 6. The molecule has 0 radical (unpaired) electrons. The Hall–Kier alpha value is -0.930. The standard InChI is InChI=1S/C20H32ClN5O.HI/c1-4-22-20(23-13-17-6-5-10-25(17)2)24-16-9-11-26(14-16)18-12-15(21)7-8-19(18)27-3;/h7-8,12,16-17H,4-6,9-11,13-14H2,1-3H3,(H2,22,23,24);1H. The van der Waals surface area contributed by atoms with Crippen LogP contribution in [-0.4, -0.2) is 69.8 Å². The fourth-order valence-corrected chi connectivity index (χ4v) is 4.09. The van der Waals surface area contributed by atoms with E-state index in [1.54, 1.807) is 7.11 Å². The average Bonchev–Trinajstić information content (AvgIpc) is 3.29. The largest absolute Gasteiger partial charge is 0.495 e. The fourth-order valence-electron chi connectivity index (χ4n) is 3.93. The summed E-state index contributed by atoms with van der Waals surface area (Å²) in [5, 5.41) is 7.74. The summed E-state index contributed by atoms with van der Waals surface area (Å²) in [6, 6.07) is 6.70. The van der Waals surface area contributed by atoms with E-state index in [9.17, 15) is 0 Å². The first kappa shape index (κ1) is 23.3. The van der Waals surface area contributed by atoms with E-state index in [1.807, 2.05) is 18.2 Å². The lowest BCUT2D eigenvalue weighted by Gasteiger charge is -2.23. The number of guanidine groups is 1. The zero-order chi connectivity index (χ0) is 19.2. The number of halogens is 2. The summed E-state index contributed by atoms with van der Waals surface area (Å²) >= 11 is 6.20. The van der Waals surface area contributed by atoms with Crippen LogP contribution in [0.25, 0.3) is 0 Å². The van der Waals surface area contributed by atoms with E-state index in [1.165, 1.54) is 19.4 Å². The molecule has 1 aromatic rings. The third-order valence-electron chi connectivity index (χ3n) is 5.49. The van der Waals surface area contributed by atoms with Crippen LogP contribution in [0.15, 0.2) is 23.2 Å². The molecule has 0 aromatic heterocycles. The molecule has 0 spiro atoms. The van der Waals surface area contributed by atoms with Gasteiger partial charge in [0.25, 0.3) is 0 Å². The van der Waals surface area contributed by atoms with Crippen molar-refractivity contribution in [1.82, 2.24) is 15.5 Å². The van der Waals surface area contributed by atoms with Gasteiger partial charge in [-0.1, -0.05) is 11.6 Å². The van der Waals surface area contributed by atoms with Crippen molar-refractivity contribution >= 4 is 47.2 Å². The maximum Gasteiger partial charge on any atom is 0.191 e. The molecule has 0 bridgehead atoms. The highest BCUT2D eigenvalue weighted by molar-refractivity contribution is 14.0. The summed E-state index contributed by atoms with van der Waals surface area (Å²) in [5.41, 5.74) is 1.06. The van der Waals surface area contributed by atoms with Crippen molar-refractivity contribution in [3.63, 3.8) is 0 Å². The number of aliphatic imine (C=N–C) groups is 1. The minimum absolute atomic E-state index is 0. The SMILES string of the molecule is CCNC(=NCC1CCCN1C)NC1CCN(c2cc(Cl)ccc2OC)C1.I. The quantitative estimate of drug-likeness (QED) is 0.342. The maximum absolute atomic E-state index is 6.20. The molecule has 3 rings (SSSR count). The van der Waals surface area contributed by atoms with Gasteiger partial charge in [0.2, 0.25) is 0 Å². The van der Waals surface area contributed by atoms with Crippen LogP contribution < -0.4 is 20.3 Å². The number of anilines is 1. The lowest BCUT2D eigenvalue weighted by Crippen LogP contribution is -2.45. The van der Waals surface area contributed by atoms with Gasteiger partial charge in [-0.25, -0.2) is 0 Å². The van der Waals surface area contributed by atoms with Crippen molar-refractivity contribution in [2.75, 3.05) is 51.8 Å². The predicted molar refractivity (Wildman–Crippen MR) is 129 cm³/mol. The molecule has 2 N–H and O–H groups in total. The molecule has 0 amide bonds. The van der Waals surface area contributed by atoms with E-state index >= 15 is 0 Å². The van der Waals surface area contributed by atoms with Crippen molar-refractivity contribution in [3.05, 3.63) is 23.2 Å². The Bertz CT molecular complexity index is 659. The maximum atomic E-state index is 6.20. The number of likely N-dealkylation sites (tertiary alicyclic amines) is 1. The van der Waals surface area contributed by atoms with Crippen LogP contribution in [0.1, 0.15) is 26.2 Å². The van der Waals surface area contributed by atoms with Gasteiger partial charge < -0.3 is 25.2 Å². The monoisotopic (exact) mass is 521 g/mol. The van der Waals surface area contributed by atoms with Crippen molar-refractivity contribution in [2.45, 2.75) is 38.3 Å². The number of ether oxygens (including phenoxy) is 1. The Kier molecular flexibility index (Phi) is 9.43. The predicted octanol–water partition coefficient (Wildman–Crippen LogP) is 3.19. The Morgan fingerprint density at radius 2 is 2.14 bits per heavy atom. The summed E-state index contributed by atoms with van der Waals surface area (Å²) in [6.07, 6.45) is 3.58. The average molecular weight is 522 g/mol. The number of hydrogen-bond donors (Lipinski definition) is 2. The summed E-state index contributed by atoms with van der Waals surface area (Å²) in [4.78, 5) is 9.59. The molecule has 8 heteroatoms. The number of nitrogens with zero attached hydrogens (tertiary/aromatic N) is 3. The zero-order valence-corrected chi connectivity index (χ0v) is 20.2. The molecule has 2 saturated heterocycles.